The molecule has 29 heavy (non-hydrogen) atoms. The fourth-order valence-electron chi connectivity index (χ4n) is 2.49. The van der Waals surface area contributed by atoms with Crippen molar-refractivity contribution < 1.29 is 8.42 Å². The van der Waals surface area contributed by atoms with Crippen molar-refractivity contribution in [3.63, 3.8) is 0 Å². The molecule has 0 amide bonds. The molecule has 0 atom stereocenters. The molecule has 0 radical (unpaired) electrons. The monoisotopic (exact) mass is 400 g/mol. The highest BCUT2D eigenvalue weighted by Gasteiger charge is 2.22. The number of sulfonamides is 1. The SMILES string of the molecule is Cc1ccc(S(=O)(=O)N(CC#Cc2ccccc2)CC#Cc2ccccn2)cc1. The van der Waals surface area contributed by atoms with Crippen molar-refractivity contribution in [3.05, 3.63) is 95.8 Å². The van der Waals surface area contributed by atoms with Gasteiger partial charge in [-0.1, -0.05) is 59.7 Å². The molecule has 0 saturated heterocycles. The van der Waals surface area contributed by atoms with Crippen molar-refractivity contribution in [2.45, 2.75) is 11.8 Å². The first-order valence-corrected chi connectivity index (χ1v) is 10.5. The number of aromatic nitrogens is 1. The molecule has 0 bridgehead atoms. The summed E-state index contributed by atoms with van der Waals surface area (Å²) in [5.74, 6) is 11.8. The van der Waals surface area contributed by atoms with Gasteiger partial charge in [-0.3, -0.25) is 0 Å². The summed E-state index contributed by atoms with van der Waals surface area (Å²) in [4.78, 5) is 4.36. The third-order valence-electron chi connectivity index (χ3n) is 4.06. The van der Waals surface area contributed by atoms with E-state index in [0.29, 0.717) is 5.69 Å². The molecule has 0 saturated carbocycles. The smallest absolute Gasteiger partial charge is 0.244 e. The molecule has 2 aromatic carbocycles. The van der Waals surface area contributed by atoms with Crippen molar-refractivity contribution in [3.8, 4) is 23.7 Å². The van der Waals surface area contributed by atoms with Gasteiger partial charge >= 0.3 is 0 Å². The molecule has 0 aliphatic heterocycles. The average molecular weight is 401 g/mol. The van der Waals surface area contributed by atoms with Crippen molar-refractivity contribution in [1.29, 1.82) is 0 Å². The van der Waals surface area contributed by atoms with E-state index in [2.05, 4.69) is 28.7 Å². The van der Waals surface area contributed by atoms with Crippen LogP contribution in [0.3, 0.4) is 0 Å². The van der Waals surface area contributed by atoms with Crippen LogP contribution in [0.15, 0.2) is 83.9 Å². The Bertz CT molecular complexity index is 1110. The predicted octanol–water partition coefficient (Wildman–Crippen LogP) is 3.48. The quantitative estimate of drug-likeness (QED) is 0.630. The summed E-state index contributed by atoms with van der Waals surface area (Å²) in [6, 6.07) is 21.6. The van der Waals surface area contributed by atoms with E-state index in [1.54, 1.807) is 42.6 Å². The predicted molar refractivity (Wildman–Crippen MR) is 114 cm³/mol. The minimum Gasteiger partial charge on any atom is -0.248 e. The van der Waals surface area contributed by atoms with E-state index in [1.165, 1.54) is 4.31 Å². The summed E-state index contributed by atoms with van der Waals surface area (Å²) in [5.41, 5.74) is 2.42. The molecule has 1 aromatic heterocycles. The van der Waals surface area contributed by atoms with Crippen molar-refractivity contribution >= 4 is 10.0 Å². The zero-order valence-corrected chi connectivity index (χ0v) is 16.9. The maximum Gasteiger partial charge on any atom is 0.244 e. The van der Waals surface area contributed by atoms with Gasteiger partial charge in [-0.05, 0) is 49.2 Å². The molecule has 0 N–H and O–H groups in total. The highest BCUT2D eigenvalue weighted by Crippen LogP contribution is 2.16. The Labute approximate surface area is 172 Å². The Morgan fingerprint density at radius 1 is 0.828 bits per heavy atom. The Kier molecular flexibility index (Phi) is 6.81. The zero-order valence-electron chi connectivity index (χ0n) is 16.0. The number of pyridine rings is 1. The van der Waals surface area contributed by atoms with Gasteiger partial charge in [0.15, 0.2) is 0 Å². The maximum atomic E-state index is 13.1. The van der Waals surface area contributed by atoms with E-state index < -0.39 is 10.0 Å². The van der Waals surface area contributed by atoms with Gasteiger partial charge in [0, 0.05) is 11.8 Å². The second-order valence-electron chi connectivity index (χ2n) is 6.27. The number of rotatable bonds is 4. The summed E-state index contributed by atoms with van der Waals surface area (Å²) in [5, 5.41) is 0. The molecule has 3 rings (SSSR count). The van der Waals surface area contributed by atoms with Crippen molar-refractivity contribution in [2.24, 2.45) is 0 Å². The van der Waals surface area contributed by atoms with E-state index in [1.807, 2.05) is 43.3 Å². The van der Waals surface area contributed by atoms with Crippen LogP contribution < -0.4 is 0 Å². The van der Waals surface area contributed by atoms with Crippen LogP contribution in [0.4, 0.5) is 0 Å². The van der Waals surface area contributed by atoms with Gasteiger partial charge in [-0.25, -0.2) is 13.4 Å². The van der Waals surface area contributed by atoms with Gasteiger partial charge in [-0.15, -0.1) is 0 Å². The summed E-state index contributed by atoms with van der Waals surface area (Å²) >= 11 is 0. The lowest BCUT2D eigenvalue weighted by atomic mass is 10.2. The molecule has 0 fully saturated rings. The second-order valence-corrected chi connectivity index (χ2v) is 8.21. The zero-order chi connectivity index (χ0) is 20.5. The van der Waals surface area contributed by atoms with Crippen LogP contribution in [0.1, 0.15) is 16.8 Å². The molecule has 4 nitrogen and oxygen atoms in total. The minimum absolute atomic E-state index is 0.0241. The molecule has 0 unspecified atom stereocenters. The number of nitrogens with zero attached hydrogens (tertiary/aromatic N) is 2. The highest BCUT2D eigenvalue weighted by molar-refractivity contribution is 7.89. The Hall–Kier alpha value is -3.38. The van der Waals surface area contributed by atoms with Gasteiger partial charge in [0.25, 0.3) is 0 Å². The molecule has 144 valence electrons. The Morgan fingerprint density at radius 2 is 1.48 bits per heavy atom. The Morgan fingerprint density at radius 3 is 2.14 bits per heavy atom. The molecular weight excluding hydrogens is 380 g/mol. The first-order chi connectivity index (χ1) is 14.1. The van der Waals surface area contributed by atoms with E-state index in [4.69, 9.17) is 0 Å². The van der Waals surface area contributed by atoms with Crippen LogP contribution in [0.5, 0.6) is 0 Å². The average Bonchev–Trinajstić information content (AvgIpc) is 2.74. The van der Waals surface area contributed by atoms with Crippen LogP contribution in [0.2, 0.25) is 0 Å². The summed E-state index contributed by atoms with van der Waals surface area (Å²) in [6.07, 6.45) is 1.65. The summed E-state index contributed by atoms with van der Waals surface area (Å²) in [6.45, 7) is 1.98. The molecule has 0 spiro atoms. The molecular formula is C24H20N2O2S. The lowest BCUT2D eigenvalue weighted by molar-refractivity contribution is 0.482. The van der Waals surface area contributed by atoms with Crippen LogP contribution in [0.25, 0.3) is 0 Å². The van der Waals surface area contributed by atoms with E-state index in [-0.39, 0.29) is 18.0 Å². The third kappa shape index (κ3) is 5.80. The van der Waals surface area contributed by atoms with Gasteiger partial charge in [0.2, 0.25) is 10.0 Å². The second kappa shape index (κ2) is 9.71. The number of hydrogen-bond acceptors (Lipinski definition) is 3. The number of hydrogen-bond donors (Lipinski definition) is 0. The lowest BCUT2D eigenvalue weighted by Gasteiger charge is -2.17. The number of aryl methyl sites for hydroxylation is 1. The van der Waals surface area contributed by atoms with Crippen LogP contribution in [0, 0.1) is 30.6 Å². The lowest BCUT2D eigenvalue weighted by Crippen LogP contribution is -2.32. The van der Waals surface area contributed by atoms with Crippen LogP contribution >= 0.6 is 0 Å². The molecule has 1 heterocycles. The molecule has 5 heteroatoms. The normalized spacial score (nSPS) is 10.6. The largest absolute Gasteiger partial charge is 0.248 e. The van der Waals surface area contributed by atoms with Gasteiger partial charge in [0.1, 0.15) is 5.69 Å². The van der Waals surface area contributed by atoms with Crippen molar-refractivity contribution in [1.82, 2.24) is 9.29 Å². The molecule has 3 aromatic rings. The van der Waals surface area contributed by atoms with E-state index in [9.17, 15) is 8.42 Å². The van der Waals surface area contributed by atoms with Gasteiger partial charge < -0.3 is 0 Å². The fourth-order valence-corrected chi connectivity index (χ4v) is 3.74. The van der Waals surface area contributed by atoms with Crippen LogP contribution in [-0.2, 0) is 10.0 Å². The van der Waals surface area contributed by atoms with Crippen LogP contribution in [-0.4, -0.2) is 30.8 Å². The van der Waals surface area contributed by atoms with E-state index in [0.717, 1.165) is 11.1 Å². The third-order valence-corrected chi connectivity index (χ3v) is 5.86. The standard InChI is InChI=1S/C24H20N2O2S/c1-21-14-16-24(17-15-21)29(27,28)26(19-7-11-22-9-3-2-4-10-22)20-8-13-23-12-5-6-18-25-23/h2-6,9-10,12,14-18H,19-20H2,1H3. The summed E-state index contributed by atoms with van der Waals surface area (Å²) in [7, 11) is -3.72. The van der Waals surface area contributed by atoms with Gasteiger partial charge in [0.05, 0.1) is 18.0 Å². The van der Waals surface area contributed by atoms with E-state index >= 15 is 0 Å². The highest BCUT2D eigenvalue weighted by atomic mass is 32.2. The molecule has 0 aliphatic carbocycles. The minimum atomic E-state index is -3.72. The molecule has 0 aliphatic rings. The topological polar surface area (TPSA) is 50.3 Å². The Balaban J connectivity index is 1.85. The first kappa shape index (κ1) is 20.4. The fraction of sp³-hybridized carbons (Fsp3) is 0.125. The summed E-state index contributed by atoms with van der Waals surface area (Å²) < 4.78 is 27.5. The van der Waals surface area contributed by atoms with Gasteiger partial charge in [-0.2, -0.15) is 4.31 Å². The number of benzene rings is 2. The maximum absolute atomic E-state index is 13.1. The van der Waals surface area contributed by atoms with Crippen molar-refractivity contribution in [2.75, 3.05) is 13.1 Å². The first-order valence-electron chi connectivity index (χ1n) is 9.06.